The Labute approximate surface area is 121 Å². The van der Waals surface area contributed by atoms with Gasteiger partial charge in [0.25, 0.3) is 6.43 Å². The van der Waals surface area contributed by atoms with Crippen molar-refractivity contribution in [1.82, 2.24) is 15.0 Å². The highest BCUT2D eigenvalue weighted by Gasteiger charge is 2.09. The number of nitrogens with one attached hydrogen (secondary N) is 2. The van der Waals surface area contributed by atoms with Crippen molar-refractivity contribution in [3.05, 3.63) is 35.1 Å². The van der Waals surface area contributed by atoms with Gasteiger partial charge in [-0.15, -0.1) is 0 Å². The van der Waals surface area contributed by atoms with Crippen LogP contribution in [0.1, 0.15) is 0 Å². The fourth-order valence-corrected chi connectivity index (χ4v) is 1.57. The Kier molecular flexibility index (Phi) is 4.73. The number of hydrogen-bond donors (Lipinski definition) is 2. The molecule has 5 nitrogen and oxygen atoms in total. The van der Waals surface area contributed by atoms with E-state index in [1.807, 2.05) is 0 Å². The van der Waals surface area contributed by atoms with Crippen LogP contribution in [-0.2, 0) is 0 Å². The summed E-state index contributed by atoms with van der Waals surface area (Å²) in [6.45, 7) is -0.672. The molecule has 2 rings (SSSR count). The lowest BCUT2D eigenvalue weighted by Crippen LogP contribution is -2.13. The van der Waals surface area contributed by atoms with Gasteiger partial charge in [-0.3, -0.25) is 0 Å². The van der Waals surface area contributed by atoms with Crippen molar-refractivity contribution in [3.8, 4) is 0 Å². The summed E-state index contributed by atoms with van der Waals surface area (Å²) in [5.41, 5.74) is 0.0366. The van der Waals surface area contributed by atoms with E-state index >= 15 is 0 Å². The van der Waals surface area contributed by atoms with Gasteiger partial charge in [0.05, 0.1) is 6.54 Å². The number of benzene rings is 1. The highest BCUT2D eigenvalue weighted by molar-refractivity contribution is 6.28. The Bertz CT molecular complexity index is 620. The molecule has 0 saturated carbocycles. The van der Waals surface area contributed by atoms with Gasteiger partial charge >= 0.3 is 0 Å². The zero-order valence-corrected chi connectivity index (χ0v) is 11.0. The number of nitrogens with zero attached hydrogens (tertiary/aromatic N) is 3. The summed E-state index contributed by atoms with van der Waals surface area (Å²) in [6.07, 6.45) is -2.60. The molecule has 1 heterocycles. The first-order chi connectivity index (χ1) is 9.92. The van der Waals surface area contributed by atoms with Crippen LogP contribution in [0.5, 0.6) is 0 Å². The van der Waals surface area contributed by atoms with E-state index < -0.39 is 24.6 Å². The standard InChI is InChI=1S/C11H8ClF4N5/c12-9-19-10(17-4-8(15)16)21-11(20-9)18-7-2-5(13)1-6(14)3-7/h1-3,8H,4H2,(H2,17,18,19,20,21). The molecule has 0 saturated heterocycles. The average Bonchev–Trinajstić information content (AvgIpc) is 2.34. The maximum Gasteiger partial charge on any atom is 0.255 e. The summed E-state index contributed by atoms with van der Waals surface area (Å²) in [5, 5.41) is 4.49. The van der Waals surface area contributed by atoms with Gasteiger partial charge in [0.1, 0.15) is 11.6 Å². The van der Waals surface area contributed by atoms with Gasteiger partial charge in [0, 0.05) is 11.8 Å². The first-order valence-electron chi connectivity index (χ1n) is 5.59. The molecule has 2 aromatic rings. The molecular formula is C11H8ClF4N5. The topological polar surface area (TPSA) is 62.7 Å². The largest absolute Gasteiger partial charge is 0.348 e. The summed E-state index contributed by atoms with van der Waals surface area (Å²) < 4.78 is 50.3. The molecule has 21 heavy (non-hydrogen) atoms. The number of halogens is 5. The van der Waals surface area contributed by atoms with Crippen LogP contribution in [-0.4, -0.2) is 27.9 Å². The smallest absolute Gasteiger partial charge is 0.255 e. The van der Waals surface area contributed by atoms with Crippen LogP contribution in [0.15, 0.2) is 18.2 Å². The van der Waals surface area contributed by atoms with Crippen LogP contribution < -0.4 is 10.6 Å². The van der Waals surface area contributed by atoms with Crippen LogP contribution in [0.2, 0.25) is 5.28 Å². The van der Waals surface area contributed by atoms with Crippen molar-refractivity contribution in [2.45, 2.75) is 6.43 Å². The molecule has 112 valence electrons. The molecule has 0 spiro atoms. The molecule has 0 radical (unpaired) electrons. The molecule has 0 unspecified atom stereocenters. The van der Waals surface area contributed by atoms with E-state index in [0.29, 0.717) is 6.07 Å². The van der Waals surface area contributed by atoms with Gasteiger partial charge in [-0.05, 0) is 23.7 Å². The van der Waals surface area contributed by atoms with Crippen LogP contribution in [0, 0.1) is 11.6 Å². The van der Waals surface area contributed by atoms with Gasteiger partial charge in [0.2, 0.25) is 17.2 Å². The van der Waals surface area contributed by atoms with E-state index in [4.69, 9.17) is 11.6 Å². The summed E-state index contributed by atoms with van der Waals surface area (Å²) >= 11 is 5.62. The summed E-state index contributed by atoms with van der Waals surface area (Å²) in [6, 6.07) is 2.71. The third-order valence-corrected chi connectivity index (χ3v) is 2.31. The van der Waals surface area contributed by atoms with Crippen molar-refractivity contribution in [3.63, 3.8) is 0 Å². The Morgan fingerprint density at radius 2 is 1.62 bits per heavy atom. The van der Waals surface area contributed by atoms with Gasteiger partial charge < -0.3 is 10.6 Å². The first-order valence-corrected chi connectivity index (χ1v) is 5.97. The Morgan fingerprint density at radius 3 is 2.24 bits per heavy atom. The fraction of sp³-hybridized carbons (Fsp3) is 0.182. The van der Waals surface area contributed by atoms with Crippen LogP contribution in [0.25, 0.3) is 0 Å². The monoisotopic (exact) mass is 321 g/mol. The van der Waals surface area contributed by atoms with Crippen molar-refractivity contribution >= 4 is 29.2 Å². The zero-order chi connectivity index (χ0) is 15.4. The minimum absolute atomic E-state index is 0.0366. The maximum atomic E-state index is 13.0. The molecule has 1 aromatic carbocycles. The number of aromatic nitrogens is 3. The fourth-order valence-electron chi connectivity index (χ4n) is 1.41. The number of alkyl halides is 2. The molecule has 0 atom stereocenters. The lowest BCUT2D eigenvalue weighted by Gasteiger charge is -2.08. The SMILES string of the molecule is Fc1cc(F)cc(Nc2nc(Cl)nc(NCC(F)F)n2)c1. The van der Waals surface area contributed by atoms with E-state index in [2.05, 4.69) is 25.6 Å². The molecule has 10 heteroatoms. The molecule has 0 aliphatic carbocycles. The number of hydrogen-bond acceptors (Lipinski definition) is 5. The van der Waals surface area contributed by atoms with Crippen LogP contribution in [0.4, 0.5) is 35.1 Å². The lowest BCUT2D eigenvalue weighted by molar-refractivity contribution is 0.163. The minimum atomic E-state index is -2.60. The van der Waals surface area contributed by atoms with Gasteiger partial charge in [-0.2, -0.15) is 15.0 Å². The molecule has 0 aliphatic rings. The van der Waals surface area contributed by atoms with Crippen molar-refractivity contribution in [2.75, 3.05) is 17.2 Å². The molecule has 0 fully saturated rings. The molecule has 0 bridgehead atoms. The minimum Gasteiger partial charge on any atom is -0.348 e. The molecule has 1 aromatic heterocycles. The molecule has 0 aliphatic heterocycles. The second kappa shape index (κ2) is 6.53. The zero-order valence-electron chi connectivity index (χ0n) is 10.2. The number of rotatable bonds is 5. The van der Waals surface area contributed by atoms with E-state index in [1.54, 1.807) is 0 Å². The van der Waals surface area contributed by atoms with Crippen molar-refractivity contribution < 1.29 is 17.6 Å². The van der Waals surface area contributed by atoms with E-state index in [0.717, 1.165) is 12.1 Å². The van der Waals surface area contributed by atoms with E-state index in [-0.39, 0.29) is 22.9 Å². The van der Waals surface area contributed by atoms with Gasteiger partial charge in [-0.25, -0.2) is 17.6 Å². The maximum absolute atomic E-state index is 13.0. The Morgan fingerprint density at radius 1 is 1.00 bits per heavy atom. The van der Waals surface area contributed by atoms with Crippen molar-refractivity contribution in [1.29, 1.82) is 0 Å². The summed E-state index contributed by atoms with van der Waals surface area (Å²) in [4.78, 5) is 11.0. The third-order valence-electron chi connectivity index (χ3n) is 2.14. The van der Waals surface area contributed by atoms with Crippen LogP contribution in [0.3, 0.4) is 0 Å². The van der Waals surface area contributed by atoms with E-state index in [9.17, 15) is 17.6 Å². The highest BCUT2D eigenvalue weighted by Crippen LogP contribution is 2.18. The lowest BCUT2D eigenvalue weighted by atomic mass is 10.3. The second-order valence-corrected chi connectivity index (χ2v) is 4.14. The molecule has 0 amide bonds. The highest BCUT2D eigenvalue weighted by atomic mass is 35.5. The average molecular weight is 322 g/mol. The van der Waals surface area contributed by atoms with Gasteiger partial charge in [-0.1, -0.05) is 0 Å². The predicted octanol–water partition coefficient (Wildman–Crippen LogP) is 3.22. The summed E-state index contributed by atoms with van der Waals surface area (Å²) in [7, 11) is 0. The van der Waals surface area contributed by atoms with Crippen molar-refractivity contribution in [2.24, 2.45) is 0 Å². The number of anilines is 3. The normalized spacial score (nSPS) is 10.8. The van der Waals surface area contributed by atoms with Gasteiger partial charge in [0.15, 0.2) is 0 Å². The third kappa shape index (κ3) is 4.71. The molecular weight excluding hydrogens is 314 g/mol. The first kappa shape index (κ1) is 15.2. The van der Waals surface area contributed by atoms with Crippen LogP contribution >= 0.6 is 11.6 Å². The predicted molar refractivity (Wildman–Crippen MR) is 69.0 cm³/mol. The Hall–Kier alpha value is -2.16. The molecule has 2 N–H and O–H groups in total. The van der Waals surface area contributed by atoms with E-state index in [1.165, 1.54) is 0 Å². The quantitative estimate of drug-likeness (QED) is 0.828. The second-order valence-electron chi connectivity index (χ2n) is 3.81. The summed E-state index contributed by atoms with van der Waals surface area (Å²) in [5.74, 6) is -1.92. The Balaban J connectivity index is 2.19.